The van der Waals surface area contributed by atoms with E-state index in [9.17, 15) is 14.7 Å². The number of carbonyl (C=O) groups is 2. The number of hydrogen-bond donors (Lipinski definition) is 3. The second kappa shape index (κ2) is 6.23. The topological polar surface area (TPSA) is 95.7 Å². The smallest absolute Gasteiger partial charge is 0.329 e. The number of carboxylic acids is 1. The van der Waals surface area contributed by atoms with E-state index in [2.05, 4.69) is 5.32 Å². The SMILES string of the molecule is CCN(C(=O)NC1CCCCC1N)C(C)(C)C(=O)O. The summed E-state index contributed by atoms with van der Waals surface area (Å²) in [6.45, 7) is 5.16. The van der Waals surface area contributed by atoms with Gasteiger partial charge in [0.1, 0.15) is 5.54 Å². The van der Waals surface area contributed by atoms with Crippen LogP contribution < -0.4 is 11.1 Å². The number of carbonyl (C=O) groups excluding carboxylic acids is 1. The van der Waals surface area contributed by atoms with E-state index < -0.39 is 11.5 Å². The zero-order chi connectivity index (χ0) is 14.6. The lowest BCUT2D eigenvalue weighted by Crippen LogP contribution is -2.60. The van der Waals surface area contributed by atoms with E-state index in [0.29, 0.717) is 6.54 Å². The second-order valence-electron chi connectivity index (χ2n) is 5.61. The van der Waals surface area contributed by atoms with Crippen LogP contribution in [-0.4, -0.2) is 46.2 Å². The molecule has 110 valence electrons. The number of carboxylic acid groups (broad SMARTS) is 1. The van der Waals surface area contributed by atoms with E-state index in [1.165, 1.54) is 18.7 Å². The molecule has 0 bridgehead atoms. The van der Waals surface area contributed by atoms with Crippen molar-refractivity contribution >= 4 is 12.0 Å². The summed E-state index contributed by atoms with van der Waals surface area (Å²) >= 11 is 0. The van der Waals surface area contributed by atoms with Gasteiger partial charge in [0.25, 0.3) is 0 Å². The monoisotopic (exact) mass is 271 g/mol. The molecule has 1 aliphatic rings. The number of aliphatic carboxylic acids is 1. The molecule has 6 nitrogen and oxygen atoms in total. The van der Waals surface area contributed by atoms with Crippen molar-refractivity contribution in [1.29, 1.82) is 0 Å². The Morgan fingerprint density at radius 2 is 1.95 bits per heavy atom. The van der Waals surface area contributed by atoms with Gasteiger partial charge in [-0.05, 0) is 33.6 Å². The highest BCUT2D eigenvalue weighted by molar-refractivity contribution is 5.85. The molecular weight excluding hydrogens is 246 g/mol. The summed E-state index contributed by atoms with van der Waals surface area (Å²) in [6, 6.07) is -0.443. The molecule has 2 amide bonds. The van der Waals surface area contributed by atoms with Crippen molar-refractivity contribution in [2.24, 2.45) is 5.73 Å². The highest BCUT2D eigenvalue weighted by Crippen LogP contribution is 2.19. The van der Waals surface area contributed by atoms with E-state index in [0.717, 1.165) is 25.7 Å². The Bertz CT molecular complexity index is 344. The lowest BCUT2D eigenvalue weighted by molar-refractivity contribution is -0.147. The van der Waals surface area contributed by atoms with Crippen molar-refractivity contribution in [3.8, 4) is 0 Å². The summed E-state index contributed by atoms with van der Waals surface area (Å²) in [4.78, 5) is 24.8. The van der Waals surface area contributed by atoms with E-state index in [1.807, 2.05) is 0 Å². The molecule has 0 radical (unpaired) electrons. The highest BCUT2D eigenvalue weighted by Gasteiger charge is 2.38. The third-order valence-corrected chi connectivity index (χ3v) is 3.89. The predicted molar refractivity (Wildman–Crippen MR) is 72.9 cm³/mol. The first kappa shape index (κ1) is 15.8. The maximum Gasteiger partial charge on any atom is 0.329 e. The highest BCUT2D eigenvalue weighted by atomic mass is 16.4. The molecule has 1 aliphatic carbocycles. The zero-order valence-electron chi connectivity index (χ0n) is 12.0. The molecule has 1 fully saturated rings. The number of urea groups is 1. The van der Waals surface area contributed by atoms with Gasteiger partial charge in [0, 0.05) is 18.6 Å². The van der Waals surface area contributed by atoms with Gasteiger partial charge >= 0.3 is 12.0 Å². The third-order valence-electron chi connectivity index (χ3n) is 3.89. The van der Waals surface area contributed by atoms with Crippen molar-refractivity contribution in [1.82, 2.24) is 10.2 Å². The van der Waals surface area contributed by atoms with Crippen molar-refractivity contribution < 1.29 is 14.7 Å². The summed E-state index contributed by atoms with van der Waals surface area (Å²) in [7, 11) is 0. The summed E-state index contributed by atoms with van der Waals surface area (Å²) in [5.74, 6) is -1.02. The van der Waals surface area contributed by atoms with Gasteiger partial charge in [-0.15, -0.1) is 0 Å². The second-order valence-corrected chi connectivity index (χ2v) is 5.61. The average Bonchev–Trinajstić information content (AvgIpc) is 2.32. The van der Waals surface area contributed by atoms with Gasteiger partial charge in [-0.3, -0.25) is 0 Å². The fourth-order valence-electron chi connectivity index (χ4n) is 2.48. The van der Waals surface area contributed by atoms with Gasteiger partial charge in [-0.1, -0.05) is 12.8 Å². The van der Waals surface area contributed by atoms with Crippen LogP contribution in [0.15, 0.2) is 0 Å². The molecule has 1 rings (SSSR count). The van der Waals surface area contributed by atoms with E-state index in [1.54, 1.807) is 6.92 Å². The minimum Gasteiger partial charge on any atom is -0.480 e. The van der Waals surface area contributed by atoms with Crippen LogP contribution in [0, 0.1) is 0 Å². The Morgan fingerprint density at radius 1 is 1.37 bits per heavy atom. The minimum absolute atomic E-state index is 0.0376. The summed E-state index contributed by atoms with van der Waals surface area (Å²) in [5.41, 5.74) is 4.76. The van der Waals surface area contributed by atoms with Crippen molar-refractivity contribution in [2.75, 3.05) is 6.54 Å². The first-order valence-electron chi connectivity index (χ1n) is 6.87. The molecule has 0 spiro atoms. The number of likely N-dealkylation sites (N-methyl/N-ethyl adjacent to an activating group) is 1. The van der Waals surface area contributed by atoms with E-state index >= 15 is 0 Å². The van der Waals surface area contributed by atoms with Crippen LogP contribution in [0.2, 0.25) is 0 Å². The van der Waals surface area contributed by atoms with Gasteiger partial charge < -0.3 is 21.1 Å². The van der Waals surface area contributed by atoms with E-state index in [-0.39, 0.29) is 18.1 Å². The number of hydrogen-bond acceptors (Lipinski definition) is 3. The molecule has 0 heterocycles. The molecule has 1 saturated carbocycles. The summed E-state index contributed by atoms with van der Waals surface area (Å²) in [6.07, 6.45) is 3.90. The first-order chi connectivity index (χ1) is 8.80. The molecule has 2 atom stereocenters. The molecule has 0 aromatic rings. The lowest BCUT2D eigenvalue weighted by Gasteiger charge is -2.37. The van der Waals surface area contributed by atoms with Gasteiger partial charge in [-0.2, -0.15) is 0 Å². The van der Waals surface area contributed by atoms with Crippen LogP contribution in [0.3, 0.4) is 0 Å². The Balaban J connectivity index is 2.71. The fraction of sp³-hybridized carbons (Fsp3) is 0.846. The molecule has 19 heavy (non-hydrogen) atoms. The quantitative estimate of drug-likeness (QED) is 0.714. The molecule has 0 aromatic heterocycles. The number of nitrogens with two attached hydrogens (primary N) is 1. The first-order valence-corrected chi connectivity index (χ1v) is 6.87. The Morgan fingerprint density at radius 3 is 2.42 bits per heavy atom. The number of nitrogens with zero attached hydrogens (tertiary/aromatic N) is 1. The largest absolute Gasteiger partial charge is 0.480 e. The van der Waals surface area contributed by atoms with Crippen molar-refractivity contribution in [3.05, 3.63) is 0 Å². The maximum atomic E-state index is 12.2. The maximum absolute atomic E-state index is 12.2. The van der Waals surface area contributed by atoms with Crippen LogP contribution in [0.5, 0.6) is 0 Å². The number of nitrogens with one attached hydrogen (secondary N) is 1. The molecule has 6 heteroatoms. The van der Waals surface area contributed by atoms with Crippen molar-refractivity contribution in [2.45, 2.75) is 64.1 Å². The van der Waals surface area contributed by atoms with Crippen LogP contribution >= 0.6 is 0 Å². The zero-order valence-corrected chi connectivity index (χ0v) is 12.0. The number of amides is 2. The standard InChI is InChI=1S/C13H25N3O3/c1-4-16(13(2,3)11(17)18)12(19)15-10-8-6-5-7-9(10)14/h9-10H,4-8,14H2,1-3H3,(H,15,19)(H,17,18). The fourth-order valence-corrected chi connectivity index (χ4v) is 2.48. The molecule has 0 aliphatic heterocycles. The normalized spacial score (nSPS) is 23.8. The minimum atomic E-state index is -1.22. The lowest BCUT2D eigenvalue weighted by atomic mass is 9.91. The Labute approximate surface area is 114 Å². The average molecular weight is 271 g/mol. The summed E-state index contributed by atoms with van der Waals surface area (Å²) < 4.78 is 0. The molecular formula is C13H25N3O3. The van der Waals surface area contributed by atoms with Crippen LogP contribution in [0.1, 0.15) is 46.5 Å². The summed E-state index contributed by atoms with van der Waals surface area (Å²) in [5, 5.41) is 12.1. The van der Waals surface area contributed by atoms with Gasteiger partial charge in [0.05, 0.1) is 0 Å². The van der Waals surface area contributed by atoms with Gasteiger partial charge in [0.15, 0.2) is 0 Å². The molecule has 0 aromatic carbocycles. The molecule has 2 unspecified atom stereocenters. The Hall–Kier alpha value is -1.30. The number of rotatable bonds is 4. The van der Waals surface area contributed by atoms with Gasteiger partial charge in [0.2, 0.25) is 0 Å². The molecule has 4 N–H and O–H groups in total. The van der Waals surface area contributed by atoms with Crippen LogP contribution in [0.4, 0.5) is 4.79 Å². The van der Waals surface area contributed by atoms with Gasteiger partial charge in [-0.25, -0.2) is 9.59 Å². The Kier molecular flexibility index (Phi) is 5.17. The molecule has 0 saturated heterocycles. The van der Waals surface area contributed by atoms with E-state index in [4.69, 9.17) is 5.73 Å². The third kappa shape index (κ3) is 3.59. The van der Waals surface area contributed by atoms with Crippen molar-refractivity contribution in [3.63, 3.8) is 0 Å². The van der Waals surface area contributed by atoms with Crippen LogP contribution in [-0.2, 0) is 4.79 Å². The van der Waals surface area contributed by atoms with Crippen LogP contribution in [0.25, 0.3) is 0 Å². The predicted octanol–water partition coefficient (Wildman–Crippen LogP) is 1.15.